The molecule has 9 heteroatoms. The van der Waals surface area contributed by atoms with E-state index in [0.29, 0.717) is 12.4 Å². The van der Waals surface area contributed by atoms with E-state index >= 15 is 0 Å². The molecule has 0 atom stereocenters. The Morgan fingerprint density at radius 3 is 2.52 bits per heavy atom. The minimum Gasteiger partial charge on any atom is -0.368 e. The van der Waals surface area contributed by atoms with Crippen molar-refractivity contribution in [3.8, 4) is 0 Å². The van der Waals surface area contributed by atoms with E-state index in [1.54, 1.807) is 11.9 Å². The average Bonchev–Trinajstić information content (AvgIpc) is 2.40. The number of likely N-dealkylation sites (N-methyl/N-ethyl adjacent to an activating group) is 1. The van der Waals surface area contributed by atoms with Crippen LogP contribution in [0.3, 0.4) is 0 Å². The second-order valence-electron chi connectivity index (χ2n) is 5.15. The molecule has 122 valence electrons. The Morgan fingerprint density at radius 1 is 1.26 bits per heavy atom. The third-order valence-corrected chi connectivity index (χ3v) is 3.50. The Morgan fingerprint density at radius 2 is 1.91 bits per heavy atom. The first-order chi connectivity index (χ1) is 10.8. The number of amides is 1. The molecule has 2 rings (SSSR count). The number of hydrogen-bond acceptors (Lipinski definition) is 7. The Hall–Kier alpha value is -2.26. The number of nitrogens with two attached hydrogens (primary N) is 2. The fourth-order valence-electron chi connectivity index (χ4n) is 2.03. The zero-order valence-electron chi connectivity index (χ0n) is 12.9. The van der Waals surface area contributed by atoms with Crippen LogP contribution < -0.4 is 16.8 Å². The van der Waals surface area contributed by atoms with Crippen molar-refractivity contribution in [1.82, 2.24) is 19.9 Å². The number of anilines is 3. The largest absolute Gasteiger partial charge is 0.368 e. The normalized spacial score (nSPS) is 10.8. The number of hydrogen-bond donors (Lipinski definition) is 3. The van der Waals surface area contributed by atoms with Gasteiger partial charge in [-0.1, -0.05) is 15.9 Å². The van der Waals surface area contributed by atoms with Crippen molar-refractivity contribution in [2.24, 2.45) is 0 Å². The molecule has 1 aromatic heterocycles. The molecule has 1 amide bonds. The Kier molecular flexibility index (Phi) is 5.45. The maximum Gasteiger partial charge on any atom is 0.238 e. The predicted molar refractivity (Wildman–Crippen MR) is 92.5 cm³/mol. The molecular weight excluding hydrogens is 362 g/mol. The van der Waals surface area contributed by atoms with Crippen LogP contribution >= 0.6 is 15.9 Å². The zero-order chi connectivity index (χ0) is 17.0. The van der Waals surface area contributed by atoms with Crippen LogP contribution in [-0.2, 0) is 11.3 Å². The van der Waals surface area contributed by atoms with E-state index in [9.17, 15) is 4.79 Å². The Balaban J connectivity index is 1.94. The molecule has 5 N–H and O–H groups in total. The van der Waals surface area contributed by atoms with Crippen LogP contribution in [0, 0.1) is 6.92 Å². The second-order valence-corrected chi connectivity index (χ2v) is 6.06. The van der Waals surface area contributed by atoms with Crippen LogP contribution in [0.5, 0.6) is 0 Å². The molecule has 8 nitrogen and oxygen atoms in total. The molecule has 0 aliphatic carbocycles. The summed E-state index contributed by atoms with van der Waals surface area (Å²) in [5.74, 6) is 0.421. The molecule has 0 saturated carbocycles. The van der Waals surface area contributed by atoms with Crippen LogP contribution in [0.4, 0.5) is 17.6 Å². The number of benzene rings is 1. The summed E-state index contributed by atoms with van der Waals surface area (Å²) < 4.78 is 0.968. The molecule has 0 unspecified atom stereocenters. The summed E-state index contributed by atoms with van der Waals surface area (Å²) >= 11 is 3.39. The van der Waals surface area contributed by atoms with Gasteiger partial charge in [0.1, 0.15) is 5.82 Å². The van der Waals surface area contributed by atoms with E-state index in [1.165, 1.54) is 0 Å². The van der Waals surface area contributed by atoms with E-state index in [-0.39, 0.29) is 24.3 Å². The number of nitrogens with one attached hydrogen (secondary N) is 1. The standard InChI is InChI=1S/C14H18BrN7O/c1-8-5-9(15)3-4-10(8)18-12(23)7-22(2)6-11-19-13(16)21-14(17)20-11/h3-5H,6-7H2,1-2H3,(H,18,23)(H4,16,17,19,20,21). The van der Waals surface area contributed by atoms with E-state index in [1.807, 2.05) is 25.1 Å². The monoisotopic (exact) mass is 379 g/mol. The molecule has 0 bridgehead atoms. The Bertz CT molecular complexity index is 702. The van der Waals surface area contributed by atoms with Gasteiger partial charge >= 0.3 is 0 Å². The van der Waals surface area contributed by atoms with E-state index in [2.05, 4.69) is 36.2 Å². The number of nitrogens with zero attached hydrogens (tertiary/aromatic N) is 4. The smallest absolute Gasteiger partial charge is 0.238 e. The summed E-state index contributed by atoms with van der Waals surface area (Å²) in [7, 11) is 1.78. The lowest BCUT2D eigenvalue weighted by molar-refractivity contribution is -0.117. The first-order valence-corrected chi connectivity index (χ1v) is 7.63. The second kappa shape index (κ2) is 7.34. The minimum atomic E-state index is -0.132. The summed E-state index contributed by atoms with van der Waals surface area (Å²) in [6.07, 6.45) is 0. The van der Waals surface area contributed by atoms with Gasteiger partial charge in [0.2, 0.25) is 17.8 Å². The zero-order valence-corrected chi connectivity index (χ0v) is 14.5. The number of nitrogen functional groups attached to an aromatic ring is 2. The van der Waals surface area contributed by atoms with Crippen molar-refractivity contribution in [3.05, 3.63) is 34.1 Å². The van der Waals surface area contributed by atoms with Gasteiger partial charge in [-0.25, -0.2) is 0 Å². The maximum atomic E-state index is 12.1. The average molecular weight is 380 g/mol. The SMILES string of the molecule is Cc1cc(Br)ccc1NC(=O)CN(C)Cc1nc(N)nc(N)n1. The molecule has 1 heterocycles. The van der Waals surface area contributed by atoms with Gasteiger partial charge in [-0.15, -0.1) is 0 Å². The van der Waals surface area contributed by atoms with E-state index in [4.69, 9.17) is 11.5 Å². The molecular formula is C14H18BrN7O. The van der Waals surface area contributed by atoms with Gasteiger partial charge in [0.25, 0.3) is 0 Å². The van der Waals surface area contributed by atoms with Gasteiger partial charge in [-0.3, -0.25) is 9.69 Å². The highest BCUT2D eigenvalue weighted by Crippen LogP contribution is 2.19. The molecule has 0 fully saturated rings. The van der Waals surface area contributed by atoms with Crippen LogP contribution in [0.15, 0.2) is 22.7 Å². The number of carbonyl (C=O) groups is 1. The molecule has 0 aliphatic rings. The fourth-order valence-corrected chi connectivity index (χ4v) is 2.50. The molecule has 0 saturated heterocycles. The molecule has 2 aromatic rings. The van der Waals surface area contributed by atoms with Gasteiger partial charge in [0, 0.05) is 10.2 Å². The third kappa shape index (κ3) is 5.15. The first kappa shape index (κ1) is 17.1. The molecule has 0 spiro atoms. The highest BCUT2D eigenvalue weighted by atomic mass is 79.9. The third-order valence-electron chi connectivity index (χ3n) is 3.00. The highest BCUT2D eigenvalue weighted by molar-refractivity contribution is 9.10. The minimum absolute atomic E-state index is 0.0656. The predicted octanol–water partition coefficient (Wildman–Crippen LogP) is 1.18. The molecule has 23 heavy (non-hydrogen) atoms. The summed E-state index contributed by atoms with van der Waals surface area (Å²) in [5.41, 5.74) is 12.8. The summed E-state index contributed by atoms with van der Waals surface area (Å²) in [6.45, 7) is 2.45. The van der Waals surface area contributed by atoms with Crippen LogP contribution in [-0.4, -0.2) is 39.4 Å². The van der Waals surface area contributed by atoms with Gasteiger partial charge in [-0.05, 0) is 37.7 Å². The number of aromatic nitrogens is 3. The van der Waals surface area contributed by atoms with Crippen LogP contribution in [0.1, 0.15) is 11.4 Å². The molecule has 0 aliphatic heterocycles. The lowest BCUT2D eigenvalue weighted by Crippen LogP contribution is -2.30. The van der Waals surface area contributed by atoms with Crippen molar-refractivity contribution in [1.29, 1.82) is 0 Å². The molecule has 0 radical (unpaired) electrons. The van der Waals surface area contributed by atoms with Gasteiger partial charge in [0.05, 0.1) is 13.1 Å². The summed E-state index contributed by atoms with van der Waals surface area (Å²) in [5, 5.41) is 2.87. The van der Waals surface area contributed by atoms with Crippen LogP contribution in [0.25, 0.3) is 0 Å². The lowest BCUT2D eigenvalue weighted by atomic mass is 10.2. The first-order valence-electron chi connectivity index (χ1n) is 6.84. The Labute approximate surface area is 142 Å². The van der Waals surface area contributed by atoms with Gasteiger partial charge in [-0.2, -0.15) is 15.0 Å². The van der Waals surface area contributed by atoms with Crippen molar-refractivity contribution < 1.29 is 4.79 Å². The van der Waals surface area contributed by atoms with Crippen molar-refractivity contribution in [2.75, 3.05) is 30.4 Å². The quantitative estimate of drug-likeness (QED) is 0.712. The van der Waals surface area contributed by atoms with Gasteiger partial charge < -0.3 is 16.8 Å². The number of carbonyl (C=O) groups excluding carboxylic acids is 1. The van der Waals surface area contributed by atoms with E-state index < -0.39 is 0 Å². The summed E-state index contributed by atoms with van der Waals surface area (Å²) in [4.78, 5) is 25.6. The van der Waals surface area contributed by atoms with Crippen molar-refractivity contribution in [2.45, 2.75) is 13.5 Å². The van der Waals surface area contributed by atoms with Crippen molar-refractivity contribution >= 4 is 39.4 Å². The van der Waals surface area contributed by atoms with Gasteiger partial charge in [0.15, 0.2) is 0 Å². The maximum absolute atomic E-state index is 12.1. The van der Waals surface area contributed by atoms with Crippen molar-refractivity contribution in [3.63, 3.8) is 0 Å². The lowest BCUT2D eigenvalue weighted by Gasteiger charge is -2.16. The number of halogens is 1. The molecule has 1 aromatic carbocycles. The highest BCUT2D eigenvalue weighted by Gasteiger charge is 2.11. The topological polar surface area (TPSA) is 123 Å². The van der Waals surface area contributed by atoms with Crippen LogP contribution in [0.2, 0.25) is 0 Å². The fraction of sp³-hybridized carbons (Fsp3) is 0.286. The number of rotatable bonds is 5. The van der Waals surface area contributed by atoms with E-state index in [0.717, 1.165) is 15.7 Å². The summed E-state index contributed by atoms with van der Waals surface area (Å²) in [6, 6.07) is 5.67. The number of aryl methyl sites for hydroxylation is 1.